The Labute approximate surface area is 162 Å². The summed E-state index contributed by atoms with van der Waals surface area (Å²) in [7, 11) is -1.38. The van der Waals surface area contributed by atoms with Crippen molar-refractivity contribution in [1.29, 1.82) is 0 Å². The first-order valence-electron chi connectivity index (χ1n) is 9.67. The van der Waals surface area contributed by atoms with Gasteiger partial charge in [-0.05, 0) is 32.0 Å². The Balaban J connectivity index is 1.48. The second-order valence-corrected chi connectivity index (χ2v) is 9.35. The smallest absolute Gasteiger partial charge is 0.236 e. The highest BCUT2D eigenvalue weighted by molar-refractivity contribution is 7.88. The lowest BCUT2D eigenvalue weighted by molar-refractivity contribution is -0.133. The van der Waals surface area contributed by atoms with Crippen LogP contribution in [0.1, 0.15) is 18.4 Å². The molecule has 1 N–H and O–H groups in total. The molecule has 0 aromatic heterocycles. The number of carbonyl (C=O) groups is 1. The van der Waals surface area contributed by atoms with E-state index >= 15 is 0 Å². The maximum atomic E-state index is 12.6. The van der Waals surface area contributed by atoms with Crippen LogP contribution in [-0.2, 0) is 20.6 Å². The van der Waals surface area contributed by atoms with Gasteiger partial charge in [-0.15, -0.1) is 0 Å². The number of likely N-dealkylation sites (N-methyl/N-ethyl adjacent to an activating group) is 1. The Morgan fingerprint density at radius 1 is 1.11 bits per heavy atom. The van der Waals surface area contributed by atoms with Gasteiger partial charge < -0.3 is 10.2 Å². The van der Waals surface area contributed by atoms with E-state index in [1.54, 1.807) is 4.90 Å². The highest BCUT2D eigenvalue weighted by Crippen LogP contribution is 2.15. The number of benzene rings is 1. The largest absolute Gasteiger partial charge is 0.339 e. The molecule has 7 nitrogen and oxygen atoms in total. The van der Waals surface area contributed by atoms with Gasteiger partial charge in [0.15, 0.2) is 0 Å². The first-order valence-corrected chi connectivity index (χ1v) is 11.3. The lowest BCUT2D eigenvalue weighted by Crippen LogP contribution is -2.54. The SMILES string of the molecule is CNC1CCCN(CC(=O)N2CCN(S(=O)(=O)Cc3ccccc3)CC2)C1. The van der Waals surface area contributed by atoms with Crippen LogP contribution in [0.2, 0.25) is 0 Å². The zero-order chi connectivity index (χ0) is 19.3. The first-order chi connectivity index (χ1) is 13.0. The molecule has 0 radical (unpaired) electrons. The van der Waals surface area contributed by atoms with Crippen molar-refractivity contribution in [3.05, 3.63) is 35.9 Å². The molecule has 2 aliphatic heterocycles. The minimum Gasteiger partial charge on any atom is -0.339 e. The number of carbonyl (C=O) groups excluding carboxylic acids is 1. The molecule has 8 heteroatoms. The fourth-order valence-electron chi connectivity index (χ4n) is 3.82. The number of sulfonamides is 1. The van der Waals surface area contributed by atoms with E-state index < -0.39 is 10.0 Å². The summed E-state index contributed by atoms with van der Waals surface area (Å²) in [4.78, 5) is 16.6. The summed E-state index contributed by atoms with van der Waals surface area (Å²) < 4.78 is 26.8. The molecule has 1 aromatic rings. The van der Waals surface area contributed by atoms with E-state index in [1.807, 2.05) is 37.4 Å². The summed E-state index contributed by atoms with van der Waals surface area (Å²) in [6, 6.07) is 9.68. The minimum absolute atomic E-state index is 0.0149. The molecule has 27 heavy (non-hydrogen) atoms. The molecule has 1 unspecified atom stereocenters. The Morgan fingerprint density at radius 2 is 1.81 bits per heavy atom. The molecule has 0 bridgehead atoms. The summed E-state index contributed by atoms with van der Waals surface area (Å²) in [6.07, 6.45) is 2.25. The summed E-state index contributed by atoms with van der Waals surface area (Å²) in [5.41, 5.74) is 0.792. The van der Waals surface area contributed by atoms with Crippen molar-refractivity contribution in [3.8, 4) is 0 Å². The van der Waals surface area contributed by atoms with E-state index in [0.29, 0.717) is 38.8 Å². The van der Waals surface area contributed by atoms with E-state index in [1.165, 1.54) is 4.31 Å². The van der Waals surface area contributed by atoms with Crippen molar-refractivity contribution in [3.63, 3.8) is 0 Å². The third-order valence-electron chi connectivity index (χ3n) is 5.45. The van der Waals surface area contributed by atoms with E-state index in [-0.39, 0.29) is 11.7 Å². The Hall–Kier alpha value is -1.48. The fraction of sp³-hybridized carbons (Fsp3) is 0.632. The van der Waals surface area contributed by atoms with Gasteiger partial charge >= 0.3 is 0 Å². The standard InChI is InChI=1S/C19H30N4O3S/c1-20-18-8-5-9-21(14-18)15-19(24)22-10-12-23(13-11-22)27(25,26)16-17-6-3-2-4-7-17/h2-4,6-7,18,20H,5,8-16H2,1H3. The zero-order valence-corrected chi connectivity index (χ0v) is 16.8. The number of likely N-dealkylation sites (tertiary alicyclic amines) is 1. The molecular formula is C19H30N4O3S. The molecule has 2 aliphatic rings. The summed E-state index contributed by atoms with van der Waals surface area (Å²) in [5, 5.41) is 3.29. The van der Waals surface area contributed by atoms with Gasteiger partial charge in [-0.2, -0.15) is 4.31 Å². The Morgan fingerprint density at radius 3 is 2.48 bits per heavy atom. The second kappa shape index (κ2) is 9.14. The van der Waals surface area contributed by atoms with Crippen molar-refractivity contribution >= 4 is 15.9 Å². The van der Waals surface area contributed by atoms with Gasteiger partial charge in [0, 0.05) is 38.8 Å². The Kier molecular flexibility index (Phi) is 6.86. The van der Waals surface area contributed by atoms with Crippen molar-refractivity contribution in [2.45, 2.75) is 24.6 Å². The predicted molar refractivity (Wildman–Crippen MR) is 106 cm³/mol. The maximum Gasteiger partial charge on any atom is 0.236 e. The van der Waals surface area contributed by atoms with Crippen molar-refractivity contribution in [2.75, 3.05) is 52.9 Å². The quantitative estimate of drug-likeness (QED) is 0.754. The molecule has 0 saturated carbocycles. The summed E-state index contributed by atoms with van der Waals surface area (Å²) in [6.45, 7) is 3.96. The number of rotatable bonds is 6. The zero-order valence-electron chi connectivity index (χ0n) is 16.0. The van der Waals surface area contributed by atoms with E-state index in [0.717, 1.165) is 31.5 Å². The van der Waals surface area contributed by atoms with Crippen LogP contribution in [0, 0.1) is 0 Å². The van der Waals surface area contributed by atoms with Crippen LogP contribution < -0.4 is 5.32 Å². The molecule has 2 saturated heterocycles. The molecule has 150 valence electrons. The number of hydrogen-bond donors (Lipinski definition) is 1. The summed E-state index contributed by atoms with van der Waals surface area (Å²) in [5.74, 6) is 0.118. The van der Waals surface area contributed by atoms with E-state index in [9.17, 15) is 13.2 Å². The van der Waals surface area contributed by atoms with Gasteiger partial charge in [0.2, 0.25) is 15.9 Å². The van der Waals surface area contributed by atoms with E-state index in [2.05, 4.69) is 10.2 Å². The number of piperazine rings is 1. The van der Waals surface area contributed by atoms with Gasteiger partial charge in [0.05, 0.1) is 12.3 Å². The molecule has 1 aromatic carbocycles. The van der Waals surface area contributed by atoms with Crippen molar-refractivity contribution in [2.24, 2.45) is 0 Å². The van der Waals surface area contributed by atoms with Crippen LogP contribution in [0.15, 0.2) is 30.3 Å². The molecule has 2 fully saturated rings. The van der Waals surface area contributed by atoms with Crippen LogP contribution in [0.25, 0.3) is 0 Å². The Bertz CT molecular complexity index is 718. The predicted octanol–water partition coefficient (Wildman–Crippen LogP) is 0.344. The number of hydrogen-bond acceptors (Lipinski definition) is 5. The normalized spacial score (nSPS) is 22.7. The second-order valence-electron chi connectivity index (χ2n) is 7.38. The van der Waals surface area contributed by atoms with Crippen LogP contribution in [-0.4, -0.2) is 87.3 Å². The molecule has 2 heterocycles. The van der Waals surface area contributed by atoms with Gasteiger partial charge in [0.1, 0.15) is 0 Å². The van der Waals surface area contributed by atoms with Crippen LogP contribution in [0.3, 0.4) is 0 Å². The third kappa shape index (κ3) is 5.51. The van der Waals surface area contributed by atoms with Crippen LogP contribution in [0.4, 0.5) is 0 Å². The molecular weight excluding hydrogens is 364 g/mol. The molecule has 0 aliphatic carbocycles. The number of nitrogens with one attached hydrogen (secondary N) is 1. The highest BCUT2D eigenvalue weighted by Gasteiger charge is 2.30. The van der Waals surface area contributed by atoms with Gasteiger partial charge in [-0.1, -0.05) is 30.3 Å². The first kappa shape index (κ1) is 20.3. The molecule has 1 atom stereocenters. The number of amides is 1. The van der Waals surface area contributed by atoms with Gasteiger partial charge in [-0.3, -0.25) is 9.69 Å². The molecule has 0 spiro atoms. The third-order valence-corrected chi connectivity index (χ3v) is 7.30. The number of nitrogens with zero attached hydrogens (tertiary/aromatic N) is 3. The fourth-order valence-corrected chi connectivity index (χ4v) is 5.33. The van der Waals surface area contributed by atoms with Crippen LogP contribution in [0.5, 0.6) is 0 Å². The van der Waals surface area contributed by atoms with Crippen LogP contribution >= 0.6 is 0 Å². The minimum atomic E-state index is -3.35. The van der Waals surface area contributed by atoms with Crippen molar-refractivity contribution in [1.82, 2.24) is 19.4 Å². The summed E-state index contributed by atoms with van der Waals surface area (Å²) >= 11 is 0. The lowest BCUT2D eigenvalue weighted by Gasteiger charge is -2.37. The van der Waals surface area contributed by atoms with E-state index in [4.69, 9.17) is 0 Å². The highest BCUT2D eigenvalue weighted by atomic mass is 32.2. The average Bonchev–Trinajstić information content (AvgIpc) is 2.68. The van der Waals surface area contributed by atoms with Gasteiger partial charge in [-0.25, -0.2) is 8.42 Å². The maximum absolute atomic E-state index is 12.6. The monoisotopic (exact) mass is 394 g/mol. The average molecular weight is 395 g/mol. The lowest BCUT2D eigenvalue weighted by atomic mass is 10.1. The van der Waals surface area contributed by atoms with Gasteiger partial charge in [0.25, 0.3) is 0 Å². The molecule has 1 amide bonds. The number of piperidine rings is 1. The van der Waals surface area contributed by atoms with Crippen molar-refractivity contribution < 1.29 is 13.2 Å². The molecule has 3 rings (SSSR count). The topological polar surface area (TPSA) is 73.0 Å².